The number of hydrogen-bond acceptors (Lipinski definition) is 2. The SMILES string of the molecule is CC.CC.CC(C)CCCC(C)C1CCC2C1CCC1C2CC=C2CC(OC(=O)C(C)(C)CC(C)C)CCC21C. The van der Waals surface area contributed by atoms with Crippen molar-refractivity contribution >= 4 is 5.97 Å². The zero-order valence-electron chi connectivity index (χ0n) is 29.1. The largest absolute Gasteiger partial charge is 0.462 e. The number of allylic oxidation sites excluding steroid dienone is 1. The minimum Gasteiger partial charge on any atom is -0.462 e. The van der Waals surface area contributed by atoms with Crippen LogP contribution in [-0.4, -0.2) is 12.1 Å². The predicted octanol–water partition coefficient (Wildman–Crippen LogP) is 11.7. The Bertz CT molecular complexity index is 791. The van der Waals surface area contributed by atoms with Gasteiger partial charge in [0.1, 0.15) is 6.10 Å². The monoisotopic (exact) mass is 559 g/mol. The van der Waals surface area contributed by atoms with Gasteiger partial charge >= 0.3 is 5.97 Å². The normalized spacial score (nSPS) is 33.8. The third kappa shape index (κ3) is 8.18. The van der Waals surface area contributed by atoms with E-state index in [9.17, 15) is 4.79 Å². The molecule has 8 atom stereocenters. The summed E-state index contributed by atoms with van der Waals surface area (Å²) in [5, 5.41) is 0. The van der Waals surface area contributed by atoms with Crippen LogP contribution in [0.1, 0.15) is 160 Å². The van der Waals surface area contributed by atoms with E-state index in [1.54, 1.807) is 5.57 Å². The lowest BCUT2D eigenvalue weighted by Gasteiger charge is -2.55. The molecule has 2 heteroatoms. The molecule has 0 heterocycles. The van der Waals surface area contributed by atoms with Crippen LogP contribution in [0.5, 0.6) is 0 Å². The first-order valence-corrected chi connectivity index (χ1v) is 17.8. The first-order valence-electron chi connectivity index (χ1n) is 17.8. The number of carbonyl (C=O) groups excluding carboxylic acids is 1. The van der Waals surface area contributed by atoms with Crippen molar-refractivity contribution in [3.05, 3.63) is 11.6 Å². The topological polar surface area (TPSA) is 26.3 Å². The second-order valence-corrected chi connectivity index (χ2v) is 15.4. The van der Waals surface area contributed by atoms with Gasteiger partial charge in [-0.3, -0.25) is 4.79 Å². The highest BCUT2D eigenvalue weighted by molar-refractivity contribution is 5.76. The van der Waals surface area contributed by atoms with Gasteiger partial charge in [0.05, 0.1) is 5.41 Å². The van der Waals surface area contributed by atoms with Crippen molar-refractivity contribution < 1.29 is 9.53 Å². The van der Waals surface area contributed by atoms with Crippen molar-refractivity contribution in [2.45, 2.75) is 166 Å². The average molecular weight is 559 g/mol. The lowest BCUT2D eigenvalue weighted by atomic mass is 9.50. The van der Waals surface area contributed by atoms with E-state index in [0.29, 0.717) is 11.3 Å². The van der Waals surface area contributed by atoms with Crippen LogP contribution in [0.15, 0.2) is 11.6 Å². The second kappa shape index (κ2) is 15.6. The molecule has 40 heavy (non-hydrogen) atoms. The molecule has 4 rings (SSSR count). The van der Waals surface area contributed by atoms with Gasteiger partial charge in [-0.25, -0.2) is 0 Å². The van der Waals surface area contributed by atoms with Gasteiger partial charge in [-0.15, -0.1) is 0 Å². The Balaban J connectivity index is 0.00000134. The van der Waals surface area contributed by atoms with Gasteiger partial charge < -0.3 is 4.74 Å². The van der Waals surface area contributed by atoms with Crippen molar-refractivity contribution in [1.29, 1.82) is 0 Å². The van der Waals surface area contributed by atoms with E-state index in [4.69, 9.17) is 4.74 Å². The Morgan fingerprint density at radius 3 is 2.17 bits per heavy atom. The van der Waals surface area contributed by atoms with Crippen molar-refractivity contribution in [3.8, 4) is 0 Å². The summed E-state index contributed by atoms with van der Waals surface area (Å²) in [4.78, 5) is 13.0. The Morgan fingerprint density at radius 1 is 0.900 bits per heavy atom. The van der Waals surface area contributed by atoms with Gasteiger partial charge in [-0.1, -0.05) is 100 Å². The van der Waals surface area contributed by atoms with Gasteiger partial charge in [0, 0.05) is 6.42 Å². The third-order valence-corrected chi connectivity index (χ3v) is 11.3. The lowest BCUT2D eigenvalue weighted by molar-refractivity contribution is -0.162. The molecule has 0 aliphatic heterocycles. The molecule has 0 aromatic rings. The van der Waals surface area contributed by atoms with Gasteiger partial charge in [0.2, 0.25) is 0 Å². The maximum absolute atomic E-state index is 13.0. The summed E-state index contributed by atoms with van der Waals surface area (Å²) in [5.74, 6) is 6.95. The highest BCUT2D eigenvalue weighted by atomic mass is 16.5. The summed E-state index contributed by atoms with van der Waals surface area (Å²) >= 11 is 0. The zero-order chi connectivity index (χ0) is 30.3. The molecule has 0 spiro atoms. The maximum Gasteiger partial charge on any atom is 0.311 e. The van der Waals surface area contributed by atoms with Crippen LogP contribution in [0.2, 0.25) is 0 Å². The Hall–Kier alpha value is -0.790. The van der Waals surface area contributed by atoms with Crippen LogP contribution in [0.25, 0.3) is 0 Å². The maximum atomic E-state index is 13.0. The number of hydrogen-bond donors (Lipinski definition) is 0. The summed E-state index contributed by atoms with van der Waals surface area (Å²) < 4.78 is 6.16. The molecular weight excluding hydrogens is 488 g/mol. The second-order valence-electron chi connectivity index (χ2n) is 15.4. The highest BCUT2D eigenvalue weighted by Crippen LogP contribution is 2.63. The molecular formula is C38H70O2. The third-order valence-electron chi connectivity index (χ3n) is 11.3. The van der Waals surface area contributed by atoms with Crippen LogP contribution < -0.4 is 0 Å². The van der Waals surface area contributed by atoms with Gasteiger partial charge in [0.15, 0.2) is 0 Å². The fourth-order valence-electron chi connectivity index (χ4n) is 9.61. The summed E-state index contributed by atoms with van der Waals surface area (Å²) in [5.41, 5.74) is 1.58. The van der Waals surface area contributed by atoms with Crippen LogP contribution >= 0.6 is 0 Å². The smallest absolute Gasteiger partial charge is 0.311 e. The van der Waals surface area contributed by atoms with E-state index in [2.05, 4.69) is 61.5 Å². The molecule has 2 nitrogen and oxygen atoms in total. The molecule has 4 aliphatic rings. The van der Waals surface area contributed by atoms with Gasteiger partial charge in [-0.05, 0) is 118 Å². The first-order chi connectivity index (χ1) is 18.9. The predicted molar refractivity (Wildman–Crippen MR) is 174 cm³/mol. The van der Waals surface area contributed by atoms with E-state index in [0.717, 1.165) is 60.7 Å². The van der Waals surface area contributed by atoms with E-state index in [1.165, 1.54) is 57.8 Å². The molecule has 0 amide bonds. The first kappa shape index (κ1) is 35.4. The molecule has 0 saturated heterocycles. The van der Waals surface area contributed by atoms with Crippen molar-refractivity contribution in [3.63, 3.8) is 0 Å². The van der Waals surface area contributed by atoms with E-state index < -0.39 is 0 Å². The quantitative estimate of drug-likeness (QED) is 0.208. The number of fused-ring (bicyclic) bond motifs is 5. The number of rotatable bonds is 9. The standard InChI is InChI=1S/C34H58O2.2C2H6/c1-22(2)10-9-11-24(5)27-14-15-29-28(27)16-17-31-30(29)13-12-25-20-26(18-19-34(25,31)8)36-32(35)33(6,7)21-23(3)4;2*1-2/h12,22-24,26-31H,9-11,13-21H2,1-8H3;2*1-2H3. The number of esters is 1. The zero-order valence-corrected chi connectivity index (χ0v) is 29.1. The Labute approximate surface area is 251 Å². The molecule has 4 aliphatic carbocycles. The Kier molecular flexibility index (Phi) is 13.8. The van der Waals surface area contributed by atoms with Gasteiger partial charge in [-0.2, -0.15) is 0 Å². The van der Waals surface area contributed by atoms with Gasteiger partial charge in [0.25, 0.3) is 0 Å². The molecule has 0 bridgehead atoms. The van der Waals surface area contributed by atoms with Crippen LogP contribution in [0, 0.1) is 58.2 Å². The van der Waals surface area contributed by atoms with Crippen LogP contribution in [0.4, 0.5) is 0 Å². The molecule has 234 valence electrons. The van der Waals surface area contributed by atoms with Crippen LogP contribution in [-0.2, 0) is 9.53 Å². The molecule has 8 unspecified atom stereocenters. The average Bonchev–Trinajstić information content (AvgIpc) is 3.35. The molecule has 0 radical (unpaired) electrons. The molecule has 3 fully saturated rings. The summed E-state index contributed by atoms with van der Waals surface area (Å²) in [6.07, 6.45) is 18.2. The number of ether oxygens (including phenoxy) is 1. The highest BCUT2D eigenvalue weighted by Gasteiger charge is 2.55. The van der Waals surface area contributed by atoms with E-state index in [1.807, 2.05) is 27.7 Å². The van der Waals surface area contributed by atoms with Crippen molar-refractivity contribution in [2.24, 2.45) is 58.2 Å². The van der Waals surface area contributed by atoms with E-state index in [-0.39, 0.29) is 17.5 Å². The molecule has 0 N–H and O–H groups in total. The van der Waals surface area contributed by atoms with Crippen molar-refractivity contribution in [1.82, 2.24) is 0 Å². The number of carbonyl (C=O) groups is 1. The van der Waals surface area contributed by atoms with E-state index >= 15 is 0 Å². The summed E-state index contributed by atoms with van der Waals surface area (Å²) in [7, 11) is 0. The van der Waals surface area contributed by atoms with Crippen LogP contribution in [0.3, 0.4) is 0 Å². The minimum absolute atomic E-state index is 0.0131. The molecule has 3 saturated carbocycles. The minimum atomic E-state index is -0.385. The van der Waals surface area contributed by atoms with Crippen molar-refractivity contribution in [2.75, 3.05) is 0 Å². The summed E-state index contributed by atoms with van der Waals surface area (Å²) in [6, 6.07) is 0. The Morgan fingerprint density at radius 2 is 1.55 bits per heavy atom. The fraction of sp³-hybridized carbons (Fsp3) is 0.921. The molecule has 0 aromatic carbocycles. The lowest BCUT2D eigenvalue weighted by Crippen LogP contribution is -2.48. The molecule has 0 aromatic heterocycles. The fourth-order valence-corrected chi connectivity index (χ4v) is 9.61. The summed E-state index contributed by atoms with van der Waals surface area (Å²) in [6.45, 7) is 26.4.